The molecule has 1 spiro atoms. The molecule has 2 aliphatic heterocycles. The Labute approximate surface area is 221 Å². The number of rotatable bonds is 8. The number of phosphoric acid groups is 2. The number of esters is 1. The van der Waals surface area contributed by atoms with Crippen molar-refractivity contribution in [1.82, 2.24) is 0 Å². The summed E-state index contributed by atoms with van der Waals surface area (Å²) < 4.78 is 66.7. The molecular formula is C23H21O13P3. The van der Waals surface area contributed by atoms with Crippen LogP contribution in [0.5, 0.6) is 23.0 Å². The summed E-state index contributed by atoms with van der Waals surface area (Å²) in [4.78, 5) is 40.1. The average Bonchev–Trinajstić information content (AvgIpc) is 3.09. The molecular weight excluding hydrogens is 577 g/mol. The van der Waals surface area contributed by atoms with Crippen molar-refractivity contribution in [2.24, 2.45) is 0 Å². The number of fused-ring (bicyclic) bond motifs is 6. The van der Waals surface area contributed by atoms with E-state index in [1.165, 1.54) is 18.2 Å². The Bertz CT molecular complexity index is 1630. The molecule has 16 heteroatoms. The molecule has 0 saturated carbocycles. The predicted molar refractivity (Wildman–Crippen MR) is 134 cm³/mol. The summed E-state index contributed by atoms with van der Waals surface area (Å²) in [6.45, 7) is 3.01. The molecule has 2 heterocycles. The quantitative estimate of drug-likeness (QED) is 0.231. The summed E-state index contributed by atoms with van der Waals surface area (Å²) in [7, 11) is -15.4. The lowest BCUT2D eigenvalue weighted by atomic mass is 9.77. The number of hydrogen-bond acceptors (Lipinski definition) is 10. The maximum Gasteiger partial charge on any atom is 0.489 e. The summed E-state index contributed by atoms with van der Waals surface area (Å²) in [5, 5.41) is 0. The fourth-order valence-electron chi connectivity index (χ4n) is 4.49. The first-order chi connectivity index (χ1) is 18.2. The van der Waals surface area contributed by atoms with E-state index in [1.54, 1.807) is 42.5 Å². The Morgan fingerprint density at radius 1 is 0.846 bits per heavy atom. The topological polar surface area (TPSA) is 184 Å². The molecule has 13 nitrogen and oxygen atoms in total. The molecule has 3 aromatic carbocycles. The molecule has 3 aromatic rings. The van der Waals surface area contributed by atoms with Gasteiger partial charge in [-0.2, -0.15) is 8.62 Å². The Morgan fingerprint density at radius 3 is 2.10 bits per heavy atom. The summed E-state index contributed by atoms with van der Waals surface area (Å²) in [6.07, 6.45) is 0. The van der Waals surface area contributed by atoms with Crippen molar-refractivity contribution in [3.05, 3.63) is 82.9 Å². The standard InChI is InChI=1S/C23H21O13P3/c1-3-31-14-8-10-18-20(12-14)32-21-13-15(34-37(2,25)35-39(29,30)36-38(26,27)28)9-11-19(21)23(18)17-7-5-4-6-16(17)22(24)33-23/h4-13H,3H2,1-2H3,(H,29,30)(H2,26,27,28). The summed E-state index contributed by atoms with van der Waals surface area (Å²) in [5.41, 5.74) is 0.476. The van der Waals surface area contributed by atoms with Crippen LogP contribution in [0.1, 0.15) is 34.0 Å². The molecule has 0 radical (unpaired) electrons. The first-order valence-corrected chi connectivity index (χ1v) is 16.3. The minimum atomic E-state index is -5.47. The molecule has 0 amide bonds. The van der Waals surface area contributed by atoms with Crippen molar-refractivity contribution in [2.75, 3.05) is 13.3 Å². The normalized spacial score (nSPS) is 20.5. The molecule has 5 rings (SSSR count). The molecule has 206 valence electrons. The second-order valence-electron chi connectivity index (χ2n) is 8.45. The van der Waals surface area contributed by atoms with Gasteiger partial charge in [0, 0.05) is 28.8 Å². The van der Waals surface area contributed by atoms with E-state index >= 15 is 0 Å². The lowest BCUT2D eigenvalue weighted by Gasteiger charge is -2.36. The minimum absolute atomic E-state index is 0.136. The second kappa shape index (κ2) is 9.59. The number of benzene rings is 3. The van der Waals surface area contributed by atoms with Gasteiger partial charge in [-0.3, -0.25) is 0 Å². The maximum atomic E-state index is 12.9. The van der Waals surface area contributed by atoms with Crippen LogP contribution < -0.4 is 14.0 Å². The molecule has 3 unspecified atom stereocenters. The van der Waals surface area contributed by atoms with Crippen LogP contribution in [0.2, 0.25) is 0 Å². The predicted octanol–water partition coefficient (Wildman–Crippen LogP) is 5.08. The molecule has 0 aromatic heterocycles. The van der Waals surface area contributed by atoms with Gasteiger partial charge in [-0.25, -0.2) is 18.5 Å². The van der Waals surface area contributed by atoms with Crippen LogP contribution >= 0.6 is 23.2 Å². The van der Waals surface area contributed by atoms with Gasteiger partial charge in [0.15, 0.2) is 5.60 Å². The largest absolute Gasteiger partial charge is 0.494 e. The molecule has 0 saturated heterocycles. The fraction of sp³-hybridized carbons (Fsp3) is 0.174. The summed E-state index contributed by atoms with van der Waals surface area (Å²) in [5.74, 6) is 0.231. The zero-order valence-electron chi connectivity index (χ0n) is 20.2. The molecule has 0 aliphatic carbocycles. The molecule has 3 atom stereocenters. The first-order valence-electron chi connectivity index (χ1n) is 11.2. The highest BCUT2D eigenvalue weighted by Crippen LogP contribution is 2.66. The van der Waals surface area contributed by atoms with Gasteiger partial charge in [0.2, 0.25) is 0 Å². The van der Waals surface area contributed by atoms with E-state index in [-0.39, 0.29) is 11.5 Å². The van der Waals surface area contributed by atoms with E-state index in [0.717, 1.165) is 6.66 Å². The van der Waals surface area contributed by atoms with Crippen molar-refractivity contribution in [3.63, 3.8) is 0 Å². The first kappa shape index (κ1) is 27.6. The van der Waals surface area contributed by atoms with Crippen molar-refractivity contribution >= 4 is 29.2 Å². The molecule has 0 fully saturated rings. The van der Waals surface area contributed by atoms with Crippen LogP contribution in [0.25, 0.3) is 0 Å². The van der Waals surface area contributed by atoms with E-state index in [2.05, 4.69) is 8.62 Å². The molecule has 2 aliphatic rings. The lowest BCUT2D eigenvalue weighted by Crippen LogP contribution is -2.33. The van der Waals surface area contributed by atoms with E-state index in [1.807, 2.05) is 6.92 Å². The molecule has 39 heavy (non-hydrogen) atoms. The van der Waals surface area contributed by atoms with Gasteiger partial charge in [-0.05, 0) is 37.3 Å². The number of carbonyl (C=O) groups excluding carboxylic acids is 1. The SMILES string of the molecule is CCOc1ccc2c(c1)Oc1cc(OP(C)(=O)OP(=O)(O)OP(=O)(O)O)ccc1C21OC(=O)c2ccccc21. The van der Waals surface area contributed by atoms with Gasteiger partial charge < -0.3 is 33.4 Å². The smallest absolute Gasteiger partial charge is 0.489 e. The monoisotopic (exact) mass is 598 g/mol. The van der Waals surface area contributed by atoms with E-state index in [9.17, 15) is 23.4 Å². The van der Waals surface area contributed by atoms with Crippen molar-refractivity contribution < 1.29 is 60.5 Å². The van der Waals surface area contributed by atoms with Gasteiger partial charge in [0.1, 0.15) is 23.0 Å². The van der Waals surface area contributed by atoms with Gasteiger partial charge in [-0.1, -0.05) is 18.2 Å². The maximum absolute atomic E-state index is 12.9. The van der Waals surface area contributed by atoms with E-state index in [0.29, 0.717) is 40.4 Å². The van der Waals surface area contributed by atoms with Crippen LogP contribution in [-0.2, 0) is 32.7 Å². The molecule has 0 bridgehead atoms. The minimum Gasteiger partial charge on any atom is -0.494 e. The number of hydrogen-bond donors (Lipinski definition) is 3. The van der Waals surface area contributed by atoms with Gasteiger partial charge in [-0.15, -0.1) is 0 Å². The van der Waals surface area contributed by atoms with Crippen LogP contribution in [0, 0.1) is 0 Å². The highest BCUT2D eigenvalue weighted by atomic mass is 31.3. The summed E-state index contributed by atoms with van der Waals surface area (Å²) in [6, 6.07) is 16.1. The van der Waals surface area contributed by atoms with Crippen LogP contribution in [0.15, 0.2) is 60.7 Å². The average molecular weight is 598 g/mol. The Morgan fingerprint density at radius 2 is 1.46 bits per heavy atom. The third kappa shape index (κ3) is 5.28. The van der Waals surface area contributed by atoms with Gasteiger partial charge >= 0.3 is 29.2 Å². The van der Waals surface area contributed by atoms with Crippen LogP contribution in [0.3, 0.4) is 0 Å². The van der Waals surface area contributed by atoms with Gasteiger partial charge in [0.25, 0.3) is 0 Å². The fourth-order valence-corrected chi connectivity index (χ4v) is 8.09. The third-order valence-corrected chi connectivity index (χ3v) is 9.93. The number of carbonyl (C=O) groups is 1. The third-order valence-electron chi connectivity index (χ3n) is 5.70. The van der Waals surface area contributed by atoms with Gasteiger partial charge in [0.05, 0.1) is 18.8 Å². The Balaban J connectivity index is 1.57. The number of ether oxygens (including phenoxy) is 3. The Kier molecular flexibility index (Phi) is 6.78. The van der Waals surface area contributed by atoms with Crippen molar-refractivity contribution in [3.8, 4) is 23.0 Å². The lowest BCUT2D eigenvalue weighted by molar-refractivity contribution is 0.0224. The van der Waals surface area contributed by atoms with E-state index in [4.69, 9.17) is 28.5 Å². The van der Waals surface area contributed by atoms with Crippen molar-refractivity contribution in [1.29, 1.82) is 0 Å². The summed E-state index contributed by atoms with van der Waals surface area (Å²) >= 11 is 0. The zero-order valence-corrected chi connectivity index (χ0v) is 22.9. The van der Waals surface area contributed by atoms with Crippen LogP contribution in [0.4, 0.5) is 0 Å². The highest BCUT2D eigenvalue weighted by Gasteiger charge is 2.53. The highest BCUT2D eigenvalue weighted by molar-refractivity contribution is 7.68. The molecule has 3 N–H and O–H groups in total. The van der Waals surface area contributed by atoms with E-state index < -0.39 is 34.8 Å². The Hall–Kier alpha value is -2.98. The van der Waals surface area contributed by atoms with Crippen molar-refractivity contribution in [2.45, 2.75) is 12.5 Å². The second-order valence-corrected chi connectivity index (χ2v) is 13.4. The zero-order chi connectivity index (χ0) is 28.2. The van der Waals surface area contributed by atoms with Crippen LogP contribution in [-0.4, -0.2) is 33.9 Å².